The fourth-order valence-corrected chi connectivity index (χ4v) is 0.907. The van der Waals surface area contributed by atoms with E-state index in [1.165, 1.54) is 0 Å². The van der Waals surface area contributed by atoms with Gasteiger partial charge in [0.1, 0.15) is 0 Å². The predicted molar refractivity (Wildman–Crippen MR) is 59.8 cm³/mol. The van der Waals surface area contributed by atoms with Gasteiger partial charge in [-0.25, -0.2) is 0 Å². The Hall–Kier alpha value is -0.870. The maximum atomic E-state index is 11.2. The molecular formula is C11H21NO3. The SMILES string of the molecule is C=C(C)COCCNC(=O)CCOCC. The zero-order valence-corrected chi connectivity index (χ0v) is 9.67. The van der Waals surface area contributed by atoms with Crippen LogP contribution in [0.5, 0.6) is 0 Å². The van der Waals surface area contributed by atoms with Crippen molar-refractivity contribution in [2.24, 2.45) is 0 Å². The highest BCUT2D eigenvalue weighted by molar-refractivity contribution is 5.75. The fraction of sp³-hybridized carbons (Fsp3) is 0.727. The number of nitrogens with one attached hydrogen (secondary N) is 1. The van der Waals surface area contributed by atoms with Gasteiger partial charge in [-0.05, 0) is 13.8 Å². The molecule has 4 nitrogen and oxygen atoms in total. The Morgan fingerprint density at radius 2 is 2.07 bits per heavy atom. The van der Waals surface area contributed by atoms with Crippen LogP contribution in [0.25, 0.3) is 0 Å². The van der Waals surface area contributed by atoms with Gasteiger partial charge >= 0.3 is 0 Å². The lowest BCUT2D eigenvalue weighted by Crippen LogP contribution is -2.28. The van der Waals surface area contributed by atoms with Crippen LogP contribution in [0.15, 0.2) is 12.2 Å². The zero-order chi connectivity index (χ0) is 11.5. The summed E-state index contributed by atoms with van der Waals surface area (Å²) >= 11 is 0. The van der Waals surface area contributed by atoms with Crippen LogP contribution in [-0.4, -0.2) is 38.9 Å². The summed E-state index contributed by atoms with van der Waals surface area (Å²) in [5.41, 5.74) is 0.984. The minimum absolute atomic E-state index is 0.00220. The Morgan fingerprint density at radius 3 is 2.67 bits per heavy atom. The summed E-state index contributed by atoms with van der Waals surface area (Å²) in [6.07, 6.45) is 0.411. The van der Waals surface area contributed by atoms with Gasteiger partial charge in [0, 0.05) is 19.6 Å². The Morgan fingerprint density at radius 1 is 1.33 bits per heavy atom. The van der Waals surface area contributed by atoms with E-state index in [1.54, 1.807) is 0 Å². The van der Waals surface area contributed by atoms with Gasteiger partial charge in [0.05, 0.1) is 19.8 Å². The van der Waals surface area contributed by atoms with Crippen LogP contribution in [0.1, 0.15) is 20.3 Å². The molecule has 0 heterocycles. The fourth-order valence-electron chi connectivity index (χ4n) is 0.907. The monoisotopic (exact) mass is 215 g/mol. The largest absolute Gasteiger partial charge is 0.381 e. The minimum Gasteiger partial charge on any atom is -0.381 e. The molecule has 1 N–H and O–H groups in total. The highest BCUT2D eigenvalue weighted by Gasteiger charge is 1.99. The summed E-state index contributed by atoms with van der Waals surface area (Å²) in [4.78, 5) is 11.2. The molecule has 0 aromatic rings. The Balaban J connectivity index is 3.20. The number of rotatable bonds is 9. The van der Waals surface area contributed by atoms with Crippen LogP contribution in [-0.2, 0) is 14.3 Å². The molecule has 1 amide bonds. The summed E-state index contributed by atoms with van der Waals surface area (Å²) in [5.74, 6) is 0.00220. The quantitative estimate of drug-likeness (QED) is 0.463. The first-order chi connectivity index (χ1) is 7.16. The third-order valence-electron chi connectivity index (χ3n) is 1.59. The van der Waals surface area contributed by atoms with Crippen molar-refractivity contribution in [3.8, 4) is 0 Å². The van der Waals surface area contributed by atoms with Crippen molar-refractivity contribution in [3.05, 3.63) is 12.2 Å². The summed E-state index contributed by atoms with van der Waals surface area (Å²) in [7, 11) is 0. The molecule has 88 valence electrons. The van der Waals surface area contributed by atoms with E-state index in [0.717, 1.165) is 5.57 Å². The maximum absolute atomic E-state index is 11.2. The molecular weight excluding hydrogens is 194 g/mol. The lowest BCUT2D eigenvalue weighted by molar-refractivity contribution is -0.122. The summed E-state index contributed by atoms with van der Waals surface area (Å²) < 4.78 is 10.3. The smallest absolute Gasteiger partial charge is 0.222 e. The Bertz CT molecular complexity index is 192. The molecule has 0 atom stereocenters. The number of carbonyl (C=O) groups excluding carboxylic acids is 1. The van der Waals surface area contributed by atoms with Crippen LogP contribution in [0.2, 0.25) is 0 Å². The third-order valence-corrected chi connectivity index (χ3v) is 1.59. The molecule has 0 unspecified atom stereocenters. The van der Waals surface area contributed by atoms with Crippen LogP contribution in [0, 0.1) is 0 Å². The van der Waals surface area contributed by atoms with E-state index in [4.69, 9.17) is 9.47 Å². The van der Waals surface area contributed by atoms with E-state index in [1.807, 2.05) is 13.8 Å². The summed E-state index contributed by atoms with van der Waals surface area (Å²) in [5, 5.41) is 2.74. The lowest BCUT2D eigenvalue weighted by atomic mass is 10.4. The molecule has 0 saturated heterocycles. The molecule has 0 spiro atoms. The first kappa shape index (κ1) is 14.1. The van der Waals surface area contributed by atoms with Crippen molar-refractivity contribution >= 4 is 5.91 Å². The average molecular weight is 215 g/mol. The Labute approximate surface area is 91.6 Å². The molecule has 0 aliphatic carbocycles. The molecule has 0 aliphatic rings. The van der Waals surface area contributed by atoms with Crippen molar-refractivity contribution in [1.82, 2.24) is 5.32 Å². The molecule has 0 radical (unpaired) electrons. The molecule has 0 aromatic carbocycles. The molecule has 0 fully saturated rings. The molecule has 15 heavy (non-hydrogen) atoms. The zero-order valence-electron chi connectivity index (χ0n) is 9.67. The van der Waals surface area contributed by atoms with Gasteiger partial charge in [0.15, 0.2) is 0 Å². The molecule has 4 heteroatoms. The van der Waals surface area contributed by atoms with Gasteiger partial charge in [-0.3, -0.25) is 4.79 Å². The van der Waals surface area contributed by atoms with Crippen molar-refractivity contribution < 1.29 is 14.3 Å². The van der Waals surface area contributed by atoms with Crippen molar-refractivity contribution in [3.63, 3.8) is 0 Å². The van der Waals surface area contributed by atoms with E-state index < -0.39 is 0 Å². The van der Waals surface area contributed by atoms with Gasteiger partial charge < -0.3 is 14.8 Å². The van der Waals surface area contributed by atoms with Gasteiger partial charge in [-0.15, -0.1) is 0 Å². The van der Waals surface area contributed by atoms with Gasteiger partial charge in [0.2, 0.25) is 5.91 Å². The third kappa shape index (κ3) is 11.1. The van der Waals surface area contributed by atoms with E-state index in [2.05, 4.69) is 11.9 Å². The number of carbonyl (C=O) groups is 1. The van der Waals surface area contributed by atoms with E-state index in [9.17, 15) is 4.79 Å². The van der Waals surface area contributed by atoms with Gasteiger partial charge in [-0.2, -0.15) is 0 Å². The molecule has 0 aromatic heterocycles. The van der Waals surface area contributed by atoms with E-state index in [-0.39, 0.29) is 5.91 Å². The first-order valence-electron chi connectivity index (χ1n) is 5.23. The van der Waals surface area contributed by atoms with Crippen molar-refractivity contribution in [2.75, 3.05) is 33.0 Å². The number of amides is 1. The second kappa shape index (κ2) is 9.68. The molecule has 0 rings (SSSR count). The normalized spacial score (nSPS) is 10.0. The van der Waals surface area contributed by atoms with Crippen molar-refractivity contribution in [2.45, 2.75) is 20.3 Å². The lowest BCUT2D eigenvalue weighted by Gasteiger charge is -2.06. The highest BCUT2D eigenvalue weighted by atomic mass is 16.5. The van der Waals surface area contributed by atoms with Gasteiger partial charge in [-0.1, -0.05) is 12.2 Å². The second-order valence-electron chi connectivity index (χ2n) is 3.31. The molecule has 0 bridgehead atoms. The van der Waals surface area contributed by atoms with E-state index in [0.29, 0.717) is 39.4 Å². The number of ether oxygens (including phenoxy) is 2. The first-order valence-corrected chi connectivity index (χ1v) is 5.23. The Kier molecular flexibility index (Phi) is 9.11. The standard InChI is InChI=1S/C11H21NO3/c1-4-14-7-5-11(13)12-6-8-15-9-10(2)3/h2,4-9H2,1,3H3,(H,12,13). The van der Waals surface area contributed by atoms with Crippen LogP contribution >= 0.6 is 0 Å². The maximum Gasteiger partial charge on any atom is 0.222 e. The predicted octanol–water partition coefficient (Wildman–Crippen LogP) is 1.12. The van der Waals surface area contributed by atoms with Crippen molar-refractivity contribution in [1.29, 1.82) is 0 Å². The van der Waals surface area contributed by atoms with Gasteiger partial charge in [0.25, 0.3) is 0 Å². The summed E-state index contributed by atoms with van der Waals surface area (Å²) in [6, 6.07) is 0. The van der Waals surface area contributed by atoms with E-state index >= 15 is 0 Å². The molecule has 0 aliphatic heterocycles. The topological polar surface area (TPSA) is 47.6 Å². The number of hydrogen-bond donors (Lipinski definition) is 1. The average Bonchev–Trinajstić information content (AvgIpc) is 2.17. The minimum atomic E-state index is 0.00220. The van der Waals surface area contributed by atoms with Crippen LogP contribution in [0.4, 0.5) is 0 Å². The highest BCUT2D eigenvalue weighted by Crippen LogP contribution is 1.87. The second-order valence-corrected chi connectivity index (χ2v) is 3.31. The van der Waals surface area contributed by atoms with Crippen LogP contribution in [0.3, 0.4) is 0 Å². The molecule has 0 saturated carbocycles. The van der Waals surface area contributed by atoms with Crippen LogP contribution < -0.4 is 5.32 Å². The number of hydrogen-bond acceptors (Lipinski definition) is 3. The summed E-state index contributed by atoms with van der Waals surface area (Å²) in [6.45, 7) is 10.3.